The number of urea groups is 1. The third-order valence-electron chi connectivity index (χ3n) is 3.52. The number of nitrogens with zero attached hydrogens (tertiary/aromatic N) is 3. The smallest absolute Gasteiger partial charge is 0.321 e. The number of aromatic nitrogens is 2. The van der Waals surface area contributed by atoms with Crippen LogP contribution < -0.4 is 5.32 Å². The Kier molecular flexibility index (Phi) is 3.73. The van der Waals surface area contributed by atoms with Crippen molar-refractivity contribution in [1.82, 2.24) is 14.9 Å². The molecule has 2 amide bonds. The molecule has 1 heterocycles. The van der Waals surface area contributed by atoms with Gasteiger partial charge in [-0.25, -0.2) is 14.8 Å². The molecule has 1 aromatic heterocycles. The van der Waals surface area contributed by atoms with Crippen LogP contribution in [0.1, 0.15) is 45.9 Å². The van der Waals surface area contributed by atoms with Gasteiger partial charge in [0.05, 0.1) is 18.1 Å². The first-order valence-corrected chi connectivity index (χ1v) is 6.74. The van der Waals surface area contributed by atoms with Crippen molar-refractivity contribution in [3.05, 3.63) is 18.2 Å². The fourth-order valence-corrected chi connectivity index (χ4v) is 1.93. The van der Waals surface area contributed by atoms with Crippen molar-refractivity contribution >= 4 is 11.7 Å². The van der Waals surface area contributed by atoms with E-state index in [0.29, 0.717) is 11.7 Å². The second kappa shape index (κ2) is 5.15. The predicted octanol–water partition coefficient (Wildman–Crippen LogP) is 2.79. The summed E-state index contributed by atoms with van der Waals surface area (Å²) < 4.78 is 0. The highest BCUT2D eigenvalue weighted by molar-refractivity contribution is 5.89. The van der Waals surface area contributed by atoms with Crippen molar-refractivity contribution in [3.63, 3.8) is 0 Å². The molecule has 5 nitrogen and oxygen atoms in total. The summed E-state index contributed by atoms with van der Waals surface area (Å²) in [4.78, 5) is 22.3. The molecule has 104 valence electrons. The fraction of sp³-hybridized carbons (Fsp3) is 0.643. The highest BCUT2D eigenvalue weighted by atomic mass is 16.2. The monoisotopic (exact) mass is 262 g/mol. The summed E-state index contributed by atoms with van der Waals surface area (Å²) in [6.07, 6.45) is 6.75. The highest BCUT2D eigenvalue weighted by Crippen LogP contribution is 2.24. The number of anilines is 1. The normalized spacial score (nSPS) is 15.8. The van der Waals surface area contributed by atoms with Gasteiger partial charge >= 0.3 is 6.03 Å². The number of nitrogens with one attached hydrogen (secondary N) is 1. The van der Waals surface area contributed by atoms with Crippen molar-refractivity contribution in [2.45, 2.75) is 51.5 Å². The average molecular weight is 262 g/mol. The summed E-state index contributed by atoms with van der Waals surface area (Å²) in [6.45, 7) is 6.18. The van der Waals surface area contributed by atoms with Crippen LogP contribution in [0.25, 0.3) is 0 Å². The Hall–Kier alpha value is -1.65. The summed E-state index contributed by atoms with van der Waals surface area (Å²) >= 11 is 0. The van der Waals surface area contributed by atoms with Crippen LogP contribution in [0.3, 0.4) is 0 Å². The number of amides is 2. The van der Waals surface area contributed by atoms with Crippen molar-refractivity contribution in [1.29, 1.82) is 0 Å². The molecule has 0 bridgehead atoms. The minimum absolute atomic E-state index is 0.0781. The van der Waals surface area contributed by atoms with E-state index >= 15 is 0 Å². The molecule has 5 heteroatoms. The third kappa shape index (κ3) is 3.22. The van der Waals surface area contributed by atoms with Gasteiger partial charge < -0.3 is 10.2 Å². The minimum Gasteiger partial charge on any atom is -0.325 e. The van der Waals surface area contributed by atoms with E-state index in [9.17, 15) is 4.79 Å². The first-order valence-electron chi connectivity index (χ1n) is 6.74. The maximum atomic E-state index is 12.0. The molecule has 1 aromatic rings. The second-order valence-corrected chi connectivity index (χ2v) is 6.17. The van der Waals surface area contributed by atoms with E-state index in [1.54, 1.807) is 17.3 Å². The van der Waals surface area contributed by atoms with Crippen molar-refractivity contribution < 1.29 is 4.79 Å². The number of carbonyl (C=O) groups excluding carboxylic acids is 1. The van der Waals surface area contributed by atoms with Crippen LogP contribution in [-0.4, -0.2) is 34.0 Å². The Morgan fingerprint density at radius 1 is 1.32 bits per heavy atom. The molecule has 19 heavy (non-hydrogen) atoms. The molecule has 0 radical (unpaired) electrons. The van der Waals surface area contributed by atoms with Gasteiger partial charge in [0.25, 0.3) is 0 Å². The molecule has 1 fully saturated rings. The van der Waals surface area contributed by atoms with Gasteiger partial charge in [-0.1, -0.05) is 20.8 Å². The van der Waals surface area contributed by atoms with Crippen LogP contribution in [0, 0.1) is 0 Å². The molecule has 1 aliphatic rings. The predicted molar refractivity (Wildman–Crippen MR) is 75.2 cm³/mol. The third-order valence-corrected chi connectivity index (χ3v) is 3.52. The molecule has 1 aliphatic carbocycles. The molecule has 0 unspecified atom stereocenters. The zero-order valence-corrected chi connectivity index (χ0v) is 12.1. The van der Waals surface area contributed by atoms with Crippen molar-refractivity contribution in [2.24, 2.45) is 0 Å². The summed E-state index contributed by atoms with van der Waals surface area (Å²) in [7, 11) is 1.84. The van der Waals surface area contributed by atoms with Crippen LogP contribution in [0.5, 0.6) is 0 Å². The zero-order chi connectivity index (χ0) is 14.0. The lowest BCUT2D eigenvalue weighted by molar-refractivity contribution is 0.169. The summed E-state index contributed by atoms with van der Waals surface area (Å²) in [5.41, 5.74) is 0.565. The Morgan fingerprint density at radius 2 is 1.89 bits per heavy atom. The Morgan fingerprint density at radius 3 is 2.32 bits per heavy atom. The quantitative estimate of drug-likeness (QED) is 0.891. The highest BCUT2D eigenvalue weighted by Gasteiger charge is 2.25. The first-order chi connectivity index (χ1) is 8.88. The van der Waals surface area contributed by atoms with E-state index in [1.807, 2.05) is 7.05 Å². The lowest BCUT2D eigenvalue weighted by Crippen LogP contribution is -2.43. The van der Waals surface area contributed by atoms with E-state index in [0.717, 1.165) is 18.7 Å². The van der Waals surface area contributed by atoms with Gasteiger partial charge in [-0.2, -0.15) is 0 Å². The molecule has 1 N–H and O–H groups in total. The van der Waals surface area contributed by atoms with E-state index in [4.69, 9.17) is 0 Å². The first kappa shape index (κ1) is 13.8. The van der Waals surface area contributed by atoms with Gasteiger partial charge in [-0.05, 0) is 19.3 Å². The zero-order valence-electron chi connectivity index (χ0n) is 12.1. The summed E-state index contributed by atoms with van der Waals surface area (Å²) in [6, 6.07) is 0.298. The molecular formula is C14H22N4O. The van der Waals surface area contributed by atoms with E-state index in [-0.39, 0.29) is 11.4 Å². The van der Waals surface area contributed by atoms with Crippen molar-refractivity contribution in [3.8, 4) is 0 Å². The fourth-order valence-electron chi connectivity index (χ4n) is 1.93. The van der Waals surface area contributed by atoms with Crippen LogP contribution in [-0.2, 0) is 5.41 Å². The van der Waals surface area contributed by atoms with E-state index in [1.165, 1.54) is 6.42 Å². The number of rotatable bonds is 2. The number of carbonyl (C=O) groups is 1. The Labute approximate surface area is 114 Å². The van der Waals surface area contributed by atoms with Crippen molar-refractivity contribution in [2.75, 3.05) is 12.4 Å². The lowest BCUT2D eigenvalue weighted by Gasteiger charge is -2.34. The number of hydrogen-bond donors (Lipinski definition) is 1. The molecule has 0 saturated heterocycles. The maximum absolute atomic E-state index is 12.0. The molecule has 0 spiro atoms. The summed E-state index contributed by atoms with van der Waals surface area (Å²) in [5.74, 6) is 0.776. The van der Waals surface area contributed by atoms with E-state index in [2.05, 4.69) is 36.1 Å². The maximum Gasteiger partial charge on any atom is 0.321 e. The second-order valence-electron chi connectivity index (χ2n) is 6.17. The summed E-state index contributed by atoms with van der Waals surface area (Å²) in [5, 5.41) is 2.83. The molecule has 0 aliphatic heterocycles. The van der Waals surface area contributed by atoms with E-state index < -0.39 is 0 Å². The molecule has 2 rings (SSSR count). The van der Waals surface area contributed by atoms with Gasteiger partial charge in [-0.15, -0.1) is 0 Å². The average Bonchev–Trinajstić information content (AvgIpc) is 2.26. The van der Waals surface area contributed by atoms with Gasteiger partial charge in [0, 0.05) is 18.5 Å². The van der Waals surface area contributed by atoms with Crippen LogP contribution in [0.4, 0.5) is 10.5 Å². The van der Waals surface area contributed by atoms with Gasteiger partial charge in [0.15, 0.2) is 0 Å². The molecule has 0 atom stereocenters. The Bertz CT molecular complexity index is 446. The standard InChI is InChI=1S/C14H22N4O/c1-14(2,3)12-15-8-10(9-16-12)17-13(19)18(4)11-6-5-7-11/h8-9,11H,5-7H2,1-4H3,(H,17,19). The van der Waals surface area contributed by atoms with Gasteiger partial charge in [-0.3, -0.25) is 0 Å². The minimum atomic E-state index is -0.0863. The molecule has 1 saturated carbocycles. The number of hydrogen-bond acceptors (Lipinski definition) is 3. The SMILES string of the molecule is CN(C(=O)Nc1cnc(C(C)(C)C)nc1)C1CCC1. The van der Waals surface area contributed by atoms with Gasteiger partial charge in [0.1, 0.15) is 5.82 Å². The molecular weight excluding hydrogens is 240 g/mol. The molecule has 0 aromatic carbocycles. The topological polar surface area (TPSA) is 58.1 Å². The van der Waals surface area contributed by atoms with Crippen LogP contribution in [0.2, 0.25) is 0 Å². The van der Waals surface area contributed by atoms with Crippen LogP contribution in [0.15, 0.2) is 12.4 Å². The van der Waals surface area contributed by atoms with Crippen LogP contribution >= 0.6 is 0 Å². The Balaban J connectivity index is 1.97. The lowest BCUT2D eigenvalue weighted by atomic mass is 9.92. The van der Waals surface area contributed by atoms with Gasteiger partial charge in [0.2, 0.25) is 0 Å². The largest absolute Gasteiger partial charge is 0.325 e.